The van der Waals surface area contributed by atoms with Gasteiger partial charge in [-0.1, -0.05) is 17.7 Å². The first-order chi connectivity index (χ1) is 16.7. The van der Waals surface area contributed by atoms with Crippen LogP contribution in [0.15, 0.2) is 54.6 Å². The molecule has 6 rings (SSSR count). The number of nitrogens with zero attached hydrogens (tertiary/aromatic N) is 1. The molecule has 1 aliphatic heterocycles. The summed E-state index contributed by atoms with van der Waals surface area (Å²) in [4.78, 5) is 15.6. The van der Waals surface area contributed by atoms with Crippen LogP contribution in [0, 0.1) is 5.92 Å². The van der Waals surface area contributed by atoms with Gasteiger partial charge in [-0.25, -0.2) is 4.98 Å². The second-order valence-electron chi connectivity index (χ2n) is 8.44. The minimum Gasteiger partial charge on any atom is -0.468 e. The summed E-state index contributed by atoms with van der Waals surface area (Å²) in [6, 6.07) is 18.2. The molecule has 6 nitrogen and oxygen atoms in total. The normalized spacial score (nSPS) is 18.5. The fourth-order valence-electron chi connectivity index (χ4n) is 4.73. The molecule has 0 radical (unpaired) electrons. The lowest BCUT2D eigenvalue weighted by molar-refractivity contribution is -0.130. The topological polar surface area (TPSA) is 69.7 Å². The third-order valence-electron chi connectivity index (χ3n) is 6.43. The monoisotopic (exact) mass is 492 g/mol. The summed E-state index contributed by atoms with van der Waals surface area (Å²) in [5, 5.41) is 5.27. The standard InChI is InChI=1S/C26H21ClN2O4S/c27-20-2-1-3-23-25(20)29-26(34-23)15-6-8-18(9-7-15)28-24-17(12-31-13-30)5-4-16-10-21-22(11-19(16)24)33-14-32-21/h1-3,6-11,13,17,24,28H,4-5,12,14H2. The van der Waals surface area contributed by atoms with Gasteiger partial charge in [-0.3, -0.25) is 4.79 Å². The molecule has 1 N–H and O–H groups in total. The second-order valence-corrected chi connectivity index (χ2v) is 9.88. The largest absolute Gasteiger partial charge is 0.468 e. The molecule has 3 aromatic carbocycles. The first-order valence-corrected chi connectivity index (χ1v) is 12.3. The van der Waals surface area contributed by atoms with Crippen LogP contribution >= 0.6 is 22.9 Å². The Kier molecular flexibility index (Phi) is 5.51. The van der Waals surface area contributed by atoms with Gasteiger partial charge >= 0.3 is 0 Å². The Morgan fingerprint density at radius 2 is 1.97 bits per heavy atom. The quantitative estimate of drug-likeness (QED) is 0.321. The molecule has 172 valence electrons. The van der Waals surface area contributed by atoms with Crippen LogP contribution in [-0.2, 0) is 16.0 Å². The number of aryl methyl sites for hydroxylation is 1. The van der Waals surface area contributed by atoms with Gasteiger partial charge in [0.1, 0.15) is 10.5 Å². The minimum atomic E-state index is -0.0229. The molecule has 34 heavy (non-hydrogen) atoms. The molecule has 0 amide bonds. The molecule has 2 atom stereocenters. The van der Waals surface area contributed by atoms with Gasteiger partial charge in [0.05, 0.1) is 22.4 Å². The molecule has 2 aliphatic rings. The number of halogens is 1. The van der Waals surface area contributed by atoms with Crippen LogP contribution in [0.3, 0.4) is 0 Å². The maximum atomic E-state index is 10.9. The number of carbonyl (C=O) groups is 1. The number of fused-ring (bicyclic) bond motifs is 3. The number of nitrogens with one attached hydrogen (secondary N) is 1. The van der Waals surface area contributed by atoms with Gasteiger partial charge in [-0.15, -0.1) is 11.3 Å². The van der Waals surface area contributed by atoms with Crippen molar-refractivity contribution in [2.45, 2.75) is 18.9 Å². The van der Waals surface area contributed by atoms with Gasteiger partial charge < -0.3 is 19.5 Å². The number of benzene rings is 3. The Balaban J connectivity index is 1.29. The van der Waals surface area contributed by atoms with E-state index in [2.05, 4.69) is 41.7 Å². The van der Waals surface area contributed by atoms with E-state index in [1.807, 2.05) is 18.2 Å². The molecule has 0 bridgehead atoms. The predicted molar refractivity (Wildman–Crippen MR) is 133 cm³/mol. The van der Waals surface area contributed by atoms with E-state index in [-0.39, 0.29) is 18.8 Å². The van der Waals surface area contributed by atoms with Crippen LogP contribution in [-0.4, -0.2) is 24.9 Å². The molecule has 1 aromatic heterocycles. The third-order valence-corrected chi connectivity index (χ3v) is 7.80. The molecule has 0 spiro atoms. The highest BCUT2D eigenvalue weighted by molar-refractivity contribution is 7.21. The van der Waals surface area contributed by atoms with Crippen LogP contribution in [0.25, 0.3) is 20.8 Å². The lowest BCUT2D eigenvalue weighted by Gasteiger charge is -2.34. The predicted octanol–water partition coefficient (Wildman–Crippen LogP) is 6.23. The summed E-state index contributed by atoms with van der Waals surface area (Å²) < 4.78 is 17.4. The van der Waals surface area contributed by atoms with Gasteiger partial charge in [-0.05, 0) is 72.5 Å². The van der Waals surface area contributed by atoms with E-state index in [1.165, 1.54) is 5.56 Å². The Morgan fingerprint density at radius 3 is 2.76 bits per heavy atom. The Bertz CT molecular complexity index is 1370. The van der Waals surface area contributed by atoms with E-state index in [0.717, 1.165) is 56.4 Å². The summed E-state index contributed by atoms with van der Waals surface area (Å²) >= 11 is 7.93. The molecule has 2 unspecified atom stereocenters. The number of thiazole rings is 1. The van der Waals surface area contributed by atoms with E-state index >= 15 is 0 Å². The van der Waals surface area contributed by atoms with Crippen molar-refractivity contribution in [3.8, 4) is 22.1 Å². The number of carbonyl (C=O) groups excluding carboxylic acids is 1. The van der Waals surface area contributed by atoms with Gasteiger partial charge in [0.2, 0.25) is 6.79 Å². The molecule has 4 aromatic rings. The minimum absolute atomic E-state index is 0.0229. The van der Waals surface area contributed by atoms with Crippen molar-refractivity contribution in [3.05, 3.63) is 70.7 Å². The average molecular weight is 493 g/mol. The molecule has 0 saturated heterocycles. The highest BCUT2D eigenvalue weighted by Gasteiger charge is 2.32. The zero-order valence-electron chi connectivity index (χ0n) is 18.1. The smallest absolute Gasteiger partial charge is 0.293 e. The van der Waals surface area contributed by atoms with Crippen molar-refractivity contribution in [2.24, 2.45) is 5.92 Å². The summed E-state index contributed by atoms with van der Waals surface area (Å²) in [5.41, 5.74) is 5.24. The van der Waals surface area contributed by atoms with Crippen LogP contribution in [0.1, 0.15) is 23.6 Å². The van der Waals surface area contributed by atoms with E-state index in [0.29, 0.717) is 18.1 Å². The summed E-state index contributed by atoms with van der Waals surface area (Å²) in [6.45, 7) is 1.12. The first kappa shape index (κ1) is 21.3. The molecule has 1 aliphatic carbocycles. The van der Waals surface area contributed by atoms with Gasteiger partial charge in [0.25, 0.3) is 6.47 Å². The Labute approximate surface area is 205 Å². The SMILES string of the molecule is O=COCC1CCc2cc3c(cc2C1Nc1ccc(-c2nc4c(Cl)cccc4s2)cc1)OCO3. The summed E-state index contributed by atoms with van der Waals surface area (Å²) in [6.07, 6.45) is 1.80. The van der Waals surface area contributed by atoms with Crippen LogP contribution in [0.4, 0.5) is 5.69 Å². The lowest BCUT2D eigenvalue weighted by atomic mass is 9.79. The average Bonchev–Trinajstić information content (AvgIpc) is 3.50. The maximum absolute atomic E-state index is 10.9. The highest BCUT2D eigenvalue weighted by atomic mass is 35.5. The second kappa shape index (κ2) is 8.81. The number of anilines is 1. The van der Waals surface area contributed by atoms with Gasteiger partial charge in [-0.2, -0.15) is 0 Å². The number of hydrogen-bond acceptors (Lipinski definition) is 7. The van der Waals surface area contributed by atoms with Crippen molar-refractivity contribution < 1.29 is 19.0 Å². The third kappa shape index (κ3) is 3.85. The Hall–Kier alpha value is -3.29. The van der Waals surface area contributed by atoms with Crippen molar-refractivity contribution in [2.75, 3.05) is 18.7 Å². The van der Waals surface area contributed by atoms with Crippen molar-refractivity contribution >= 4 is 45.3 Å². The van der Waals surface area contributed by atoms with Crippen LogP contribution in [0.5, 0.6) is 11.5 Å². The Morgan fingerprint density at radius 1 is 1.15 bits per heavy atom. The van der Waals surface area contributed by atoms with Crippen LogP contribution < -0.4 is 14.8 Å². The van der Waals surface area contributed by atoms with Crippen molar-refractivity contribution in [3.63, 3.8) is 0 Å². The van der Waals surface area contributed by atoms with E-state index in [4.69, 9.17) is 30.8 Å². The molecule has 0 fully saturated rings. The molecule has 0 saturated carbocycles. The molecule has 8 heteroatoms. The fourth-order valence-corrected chi connectivity index (χ4v) is 6.00. The van der Waals surface area contributed by atoms with Crippen LogP contribution in [0.2, 0.25) is 5.02 Å². The summed E-state index contributed by atoms with van der Waals surface area (Å²) in [7, 11) is 0. The molecule has 2 heterocycles. The zero-order valence-corrected chi connectivity index (χ0v) is 19.7. The van der Waals surface area contributed by atoms with E-state index in [9.17, 15) is 4.79 Å². The number of ether oxygens (including phenoxy) is 3. The summed E-state index contributed by atoms with van der Waals surface area (Å²) in [5.74, 6) is 1.69. The molecular weight excluding hydrogens is 472 g/mol. The number of aromatic nitrogens is 1. The zero-order chi connectivity index (χ0) is 23.1. The van der Waals surface area contributed by atoms with E-state index in [1.54, 1.807) is 11.3 Å². The number of hydrogen-bond donors (Lipinski definition) is 1. The van der Waals surface area contributed by atoms with Gasteiger partial charge in [0, 0.05) is 17.2 Å². The highest BCUT2D eigenvalue weighted by Crippen LogP contribution is 2.44. The molecular formula is C26H21ClN2O4S. The van der Waals surface area contributed by atoms with Gasteiger partial charge in [0.15, 0.2) is 11.5 Å². The first-order valence-electron chi connectivity index (χ1n) is 11.1. The number of para-hydroxylation sites is 1. The maximum Gasteiger partial charge on any atom is 0.293 e. The van der Waals surface area contributed by atoms with E-state index < -0.39 is 0 Å². The van der Waals surface area contributed by atoms with Crippen molar-refractivity contribution in [1.29, 1.82) is 0 Å². The lowest BCUT2D eigenvalue weighted by Crippen LogP contribution is -2.30. The van der Waals surface area contributed by atoms with Crippen molar-refractivity contribution in [1.82, 2.24) is 4.98 Å². The number of rotatable bonds is 6. The fraction of sp³-hybridized carbons (Fsp3) is 0.231.